The van der Waals surface area contributed by atoms with Gasteiger partial charge in [0.2, 0.25) is 0 Å². The number of piperazine rings is 1. The van der Waals surface area contributed by atoms with Crippen molar-refractivity contribution in [2.75, 3.05) is 26.7 Å². The highest BCUT2D eigenvalue weighted by molar-refractivity contribution is 6.00. The number of benzene rings is 1. The Morgan fingerprint density at radius 3 is 2.42 bits per heavy atom. The number of aliphatic imine (C=N–C) groups is 1. The van der Waals surface area contributed by atoms with Crippen LogP contribution in [0.15, 0.2) is 47.7 Å². The largest absolute Gasteiger partial charge is 0.497 e. The van der Waals surface area contributed by atoms with Gasteiger partial charge in [-0.15, -0.1) is 0 Å². The van der Waals surface area contributed by atoms with Crippen molar-refractivity contribution >= 4 is 17.5 Å². The van der Waals surface area contributed by atoms with E-state index in [0.717, 1.165) is 10.2 Å². The monoisotopic (exact) mass is 556 g/mol. The van der Waals surface area contributed by atoms with Crippen LogP contribution in [0.2, 0.25) is 0 Å². The van der Waals surface area contributed by atoms with E-state index in [4.69, 9.17) is 9.47 Å². The van der Waals surface area contributed by atoms with E-state index >= 15 is 0 Å². The second-order valence-electron chi connectivity index (χ2n) is 10.2. The molecule has 2 unspecified atom stereocenters. The average molecular weight is 557 g/mol. The molecule has 0 N–H and O–H groups in total. The van der Waals surface area contributed by atoms with E-state index in [-0.39, 0.29) is 40.7 Å². The molecule has 1 amide bonds. The fourth-order valence-corrected chi connectivity index (χ4v) is 5.46. The quantitative estimate of drug-likeness (QED) is 0.457. The molecular formula is C28H31F3N6O3. The summed E-state index contributed by atoms with van der Waals surface area (Å²) in [5.74, 6) is 0.748. The van der Waals surface area contributed by atoms with E-state index in [1.165, 1.54) is 20.2 Å². The van der Waals surface area contributed by atoms with Gasteiger partial charge in [-0.3, -0.25) is 4.79 Å². The number of halogens is 3. The zero-order valence-electron chi connectivity index (χ0n) is 23.0. The summed E-state index contributed by atoms with van der Waals surface area (Å²) in [7, 11) is 1.51. The summed E-state index contributed by atoms with van der Waals surface area (Å²) in [6.45, 7) is 12.6. The standard InChI is InChI=1S/C28H31F3N6O3/c1-15-14-35(18(4)24-17(3)33-19(5)40-24)11-12-36(15)27(38)22-13-32-37-25(28(29,30)31)16(2)23(34-26(22)37)20-7-9-21(39-6)10-8-20/h7-10,13,15,17,24H,4,11-12,14H2,1-3,5-6H3/t15-,17?,24?/m1/s1. The van der Waals surface area contributed by atoms with Gasteiger partial charge in [0.1, 0.15) is 11.3 Å². The highest BCUT2D eigenvalue weighted by atomic mass is 19.4. The van der Waals surface area contributed by atoms with Gasteiger partial charge in [0.05, 0.1) is 25.0 Å². The van der Waals surface area contributed by atoms with Crippen molar-refractivity contribution in [1.82, 2.24) is 24.4 Å². The van der Waals surface area contributed by atoms with Crippen molar-refractivity contribution in [3.8, 4) is 17.0 Å². The minimum absolute atomic E-state index is 0.0103. The number of aromatic nitrogens is 3. The minimum atomic E-state index is -4.72. The lowest BCUT2D eigenvalue weighted by Crippen LogP contribution is -2.54. The Morgan fingerprint density at radius 2 is 1.85 bits per heavy atom. The molecule has 2 aromatic heterocycles. The van der Waals surface area contributed by atoms with Crippen molar-refractivity contribution in [1.29, 1.82) is 0 Å². The molecule has 3 aromatic rings. The molecule has 4 heterocycles. The van der Waals surface area contributed by atoms with E-state index in [2.05, 4.69) is 26.6 Å². The first kappa shape index (κ1) is 27.5. The maximum absolute atomic E-state index is 14.3. The predicted octanol–water partition coefficient (Wildman–Crippen LogP) is 4.60. The van der Waals surface area contributed by atoms with Gasteiger partial charge in [0.15, 0.2) is 23.3 Å². The molecule has 2 aliphatic heterocycles. The third-order valence-corrected chi connectivity index (χ3v) is 7.49. The molecule has 5 rings (SSSR count). The zero-order valence-corrected chi connectivity index (χ0v) is 23.0. The molecule has 0 saturated carbocycles. The lowest BCUT2D eigenvalue weighted by atomic mass is 10.0. The number of fused-ring (bicyclic) bond motifs is 1. The van der Waals surface area contributed by atoms with Crippen LogP contribution in [-0.4, -0.2) is 81.1 Å². The maximum Gasteiger partial charge on any atom is 0.433 e. The molecule has 40 heavy (non-hydrogen) atoms. The summed E-state index contributed by atoms with van der Waals surface area (Å²) in [6, 6.07) is 6.27. The number of hydrogen-bond donors (Lipinski definition) is 0. The lowest BCUT2D eigenvalue weighted by Gasteiger charge is -2.42. The molecule has 3 atom stereocenters. The molecular weight excluding hydrogens is 525 g/mol. The summed E-state index contributed by atoms with van der Waals surface area (Å²) < 4.78 is 54.6. The Bertz CT molecular complexity index is 1500. The molecule has 2 aliphatic rings. The number of nitrogens with zero attached hydrogens (tertiary/aromatic N) is 6. The fraction of sp³-hybridized carbons (Fsp3) is 0.429. The van der Waals surface area contributed by atoms with Gasteiger partial charge in [-0.25, -0.2) is 14.5 Å². The number of hydrogen-bond acceptors (Lipinski definition) is 7. The van der Waals surface area contributed by atoms with Crippen molar-refractivity contribution in [3.63, 3.8) is 0 Å². The van der Waals surface area contributed by atoms with E-state index in [9.17, 15) is 18.0 Å². The molecule has 1 saturated heterocycles. The van der Waals surface area contributed by atoms with E-state index in [1.807, 2.05) is 13.8 Å². The van der Waals surface area contributed by atoms with Crippen LogP contribution in [0.1, 0.15) is 42.4 Å². The topological polar surface area (TPSA) is 84.6 Å². The van der Waals surface area contributed by atoms with Crippen LogP contribution >= 0.6 is 0 Å². The highest BCUT2D eigenvalue weighted by Crippen LogP contribution is 2.37. The number of rotatable bonds is 5. The van der Waals surface area contributed by atoms with Crippen molar-refractivity contribution in [3.05, 3.63) is 59.6 Å². The van der Waals surface area contributed by atoms with Crippen LogP contribution in [0.4, 0.5) is 13.2 Å². The van der Waals surface area contributed by atoms with E-state index in [0.29, 0.717) is 36.8 Å². The van der Waals surface area contributed by atoms with Gasteiger partial charge < -0.3 is 19.3 Å². The van der Waals surface area contributed by atoms with Gasteiger partial charge in [-0.05, 0) is 45.0 Å². The third kappa shape index (κ3) is 4.75. The second-order valence-corrected chi connectivity index (χ2v) is 10.2. The summed E-state index contributed by atoms with van der Waals surface area (Å²) in [5, 5.41) is 3.97. The number of amides is 1. The number of ether oxygens (including phenoxy) is 2. The molecule has 1 aromatic carbocycles. The normalized spacial score (nSPS) is 21.4. The van der Waals surface area contributed by atoms with Gasteiger partial charge in [0.25, 0.3) is 5.91 Å². The minimum Gasteiger partial charge on any atom is -0.497 e. The molecule has 1 fully saturated rings. The lowest BCUT2D eigenvalue weighted by molar-refractivity contribution is -0.143. The molecule has 0 spiro atoms. The number of alkyl halides is 3. The van der Waals surface area contributed by atoms with Gasteiger partial charge in [-0.2, -0.15) is 18.3 Å². The van der Waals surface area contributed by atoms with Gasteiger partial charge >= 0.3 is 6.18 Å². The number of carbonyl (C=O) groups excluding carboxylic acids is 1. The summed E-state index contributed by atoms with van der Waals surface area (Å²) in [4.78, 5) is 26.4. The van der Waals surface area contributed by atoms with Crippen LogP contribution in [0.25, 0.3) is 16.9 Å². The van der Waals surface area contributed by atoms with Gasteiger partial charge in [0, 0.05) is 49.4 Å². The molecule has 0 aliphatic carbocycles. The van der Waals surface area contributed by atoms with Crippen LogP contribution in [-0.2, 0) is 10.9 Å². The van der Waals surface area contributed by atoms with Crippen molar-refractivity contribution in [2.45, 2.75) is 52.1 Å². The average Bonchev–Trinajstić information content (AvgIpc) is 3.48. The van der Waals surface area contributed by atoms with E-state index in [1.54, 1.807) is 36.1 Å². The van der Waals surface area contributed by atoms with Crippen molar-refractivity contribution < 1.29 is 27.4 Å². The Labute approximate surface area is 229 Å². The zero-order chi connectivity index (χ0) is 28.9. The predicted molar refractivity (Wildman–Crippen MR) is 143 cm³/mol. The summed E-state index contributed by atoms with van der Waals surface area (Å²) in [5.41, 5.74) is 0.183. The van der Waals surface area contributed by atoms with Crippen LogP contribution in [0.5, 0.6) is 5.75 Å². The third-order valence-electron chi connectivity index (χ3n) is 7.49. The first-order valence-corrected chi connectivity index (χ1v) is 13.0. The summed E-state index contributed by atoms with van der Waals surface area (Å²) in [6.07, 6.45) is -3.82. The van der Waals surface area contributed by atoms with E-state index < -0.39 is 17.8 Å². The molecule has 12 heteroatoms. The molecule has 9 nitrogen and oxygen atoms in total. The fourth-order valence-electron chi connectivity index (χ4n) is 5.46. The summed E-state index contributed by atoms with van der Waals surface area (Å²) >= 11 is 0. The maximum atomic E-state index is 14.3. The van der Waals surface area contributed by atoms with Crippen LogP contribution in [0.3, 0.4) is 0 Å². The number of carbonyl (C=O) groups is 1. The SMILES string of the molecule is C=C(C1OC(C)=NC1C)N1CCN(C(=O)c2cnn3c(C(F)(F)F)c(C)c(-c4ccc(OC)cc4)nc23)[C@H](C)C1. The Hall–Kier alpha value is -4.09. The smallest absolute Gasteiger partial charge is 0.433 e. The molecule has 212 valence electrons. The Balaban J connectivity index is 1.46. The van der Waals surface area contributed by atoms with Gasteiger partial charge in [-0.1, -0.05) is 6.58 Å². The number of methoxy groups -OCH3 is 1. The highest BCUT2D eigenvalue weighted by Gasteiger charge is 2.40. The van der Waals surface area contributed by atoms with Crippen LogP contribution in [0, 0.1) is 6.92 Å². The van der Waals surface area contributed by atoms with Crippen LogP contribution < -0.4 is 4.74 Å². The molecule has 0 bridgehead atoms. The first-order chi connectivity index (χ1) is 18.9. The second kappa shape index (κ2) is 10.1. The molecule has 0 radical (unpaired) electrons. The van der Waals surface area contributed by atoms with Crippen molar-refractivity contribution in [2.24, 2.45) is 4.99 Å². The first-order valence-electron chi connectivity index (χ1n) is 13.0. The Morgan fingerprint density at radius 1 is 1.15 bits per heavy atom. The Kier molecular flexibility index (Phi) is 6.97.